The van der Waals surface area contributed by atoms with E-state index < -0.39 is 115 Å². The van der Waals surface area contributed by atoms with E-state index in [9.17, 15) is 48.6 Å². The summed E-state index contributed by atoms with van der Waals surface area (Å²) in [6.07, 6.45) is -2.19. The van der Waals surface area contributed by atoms with Crippen LogP contribution in [0.25, 0.3) is 0 Å². The molecule has 8 amide bonds. The third-order valence-corrected chi connectivity index (χ3v) is 8.24. The predicted molar refractivity (Wildman–Crippen MR) is 203 cm³/mol. The van der Waals surface area contributed by atoms with Gasteiger partial charge < -0.3 is 70.8 Å². The highest BCUT2D eigenvalue weighted by Gasteiger charge is 2.35. The summed E-state index contributed by atoms with van der Waals surface area (Å²) in [5.41, 5.74) is 26.9. The number of thiol groups is 2. The maximum absolute atomic E-state index is 13.5. The van der Waals surface area contributed by atoms with Crippen LogP contribution in [-0.2, 0) is 38.4 Å². The Labute approximate surface area is 323 Å². The number of nitrogens with one attached hydrogen (secondary N) is 6. The summed E-state index contributed by atoms with van der Waals surface area (Å²) in [7, 11) is 0. The van der Waals surface area contributed by atoms with Crippen LogP contribution in [0.15, 0.2) is 4.99 Å². The van der Waals surface area contributed by atoms with Gasteiger partial charge in [-0.15, -0.1) is 0 Å². The average molecular weight is 809 g/mol. The number of nitrogens with two attached hydrogens (primary N) is 5. The minimum Gasteiger partial charge on any atom is -0.394 e. The number of aliphatic imine (C=N–C) groups is 1. The van der Waals surface area contributed by atoms with E-state index >= 15 is 0 Å². The zero-order valence-electron chi connectivity index (χ0n) is 30.4. The van der Waals surface area contributed by atoms with Crippen molar-refractivity contribution in [2.24, 2.45) is 39.6 Å². The molecular formula is C30H56N12O10S2. The molecule has 0 fully saturated rings. The standard InChI is InChI=1S/C30H56N12O10S2/c1-13(2)9-18(27(50)41-20(12-54)23(33)46)39-29(52)22(14(3)44)42-26(49)17(6-7-21(32)45)38-28(51)19(10-43)40-25(48)16(5-4-8-36-30(34)35)37-24(47)15(31)11-53/h13-20,22,43-44,53-54H,4-12,31H2,1-3H3,(H2,32,45)(H2,33,46)(H,37,47)(H,38,51)(H,39,52)(H,40,48)(H,41,50)(H,42,49)(H4,34,35,36)/t14-,15+,16+,17+,18+,19+,20+,22+/m1/s1. The molecule has 18 N–H and O–H groups in total. The van der Waals surface area contributed by atoms with Crippen molar-refractivity contribution in [1.82, 2.24) is 31.9 Å². The van der Waals surface area contributed by atoms with Crippen molar-refractivity contribution in [2.45, 2.75) is 101 Å². The monoisotopic (exact) mass is 808 g/mol. The number of aliphatic hydroxyl groups excluding tert-OH is 2. The fourth-order valence-corrected chi connectivity index (χ4v) is 4.97. The third kappa shape index (κ3) is 19.1. The second-order valence-electron chi connectivity index (χ2n) is 12.7. The molecule has 308 valence electrons. The highest BCUT2D eigenvalue weighted by atomic mass is 32.1. The minimum absolute atomic E-state index is 0.0273. The SMILES string of the molecule is CC(C)C[C@H](NC(=O)[C@@H](NC(=O)[C@H](CCC(N)=O)NC(=O)[C@H](CO)NC(=O)[C@H](CCCN=C(N)N)NC(=O)[C@@H](N)CS)[C@@H](C)O)C(=O)N[C@@H](CS)C(N)=O. The lowest BCUT2D eigenvalue weighted by atomic mass is 10.0. The van der Waals surface area contributed by atoms with Crippen LogP contribution in [0.2, 0.25) is 0 Å². The van der Waals surface area contributed by atoms with E-state index in [1.54, 1.807) is 13.8 Å². The van der Waals surface area contributed by atoms with Gasteiger partial charge in [0.05, 0.1) is 18.8 Å². The number of hydrogen-bond acceptors (Lipinski definition) is 14. The Morgan fingerprint density at radius 2 is 1.13 bits per heavy atom. The van der Waals surface area contributed by atoms with Gasteiger partial charge in [0.2, 0.25) is 47.3 Å². The Balaban J connectivity index is 6.13. The maximum atomic E-state index is 13.5. The number of hydrogen-bond donors (Lipinski definition) is 15. The molecule has 0 aliphatic heterocycles. The van der Waals surface area contributed by atoms with Crippen molar-refractivity contribution in [3.8, 4) is 0 Å². The summed E-state index contributed by atoms with van der Waals surface area (Å²) in [6, 6.07) is -9.80. The van der Waals surface area contributed by atoms with E-state index in [1.165, 1.54) is 0 Å². The minimum atomic E-state index is -1.72. The van der Waals surface area contributed by atoms with E-state index in [0.29, 0.717) is 0 Å². The first-order valence-corrected chi connectivity index (χ1v) is 18.2. The number of guanidine groups is 1. The molecule has 0 unspecified atom stereocenters. The smallest absolute Gasteiger partial charge is 0.245 e. The summed E-state index contributed by atoms with van der Waals surface area (Å²) in [5.74, 6) is -7.94. The van der Waals surface area contributed by atoms with Gasteiger partial charge in [-0.2, -0.15) is 25.3 Å². The van der Waals surface area contributed by atoms with E-state index in [1.807, 2.05) is 0 Å². The molecule has 54 heavy (non-hydrogen) atoms. The first-order chi connectivity index (χ1) is 25.2. The Kier molecular flexibility index (Phi) is 23.5. The van der Waals surface area contributed by atoms with E-state index in [-0.39, 0.29) is 49.2 Å². The van der Waals surface area contributed by atoms with Gasteiger partial charge in [-0.25, -0.2) is 0 Å². The average Bonchev–Trinajstić information content (AvgIpc) is 3.09. The van der Waals surface area contributed by atoms with Crippen molar-refractivity contribution in [3.63, 3.8) is 0 Å². The summed E-state index contributed by atoms with van der Waals surface area (Å²) in [5, 5.41) is 34.5. The van der Waals surface area contributed by atoms with Gasteiger partial charge >= 0.3 is 0 Å². The number of amides is 8. The lowest BCUT2D eigenvalue weighted by Gasteiger charge is -2.28. The number of aliphatic hydroxyl groups is 2. The number of rotatable bonds is 26. The lowest BCUT2D eigenvalue weighted by Crippen LogP contribution is -2.62. The molecule has 24 heteroatoms. The fourth-order valence-electron chi connectivity index (χ4n) is 4.53. The van der Waals surface area contributed by atoms with Crippen LogP contribution < -0.4 is 60.6 Å². The Hall–Kier alpha value is -4.39. The largest absolute Gasteiger partial charge is 0.394 e. The first kappa shape index (κ1) is 49.6. The molecule has 22 nitrogen and oxygen atoms in total. The zero-order valence-corrected chi connectivity index (χ0v) is 32.2. The summed E-state index contributed by atoms with van der Waals surface area (Å²) < 4.78 is 0. The van der Waals surface area contributed by atoms with Gasteiger partial charge in [0.15, 0.2) is 5.96 Å². The van der Waals surface area contributed by atoms with Crippen molar-refractivity contribution >= 4 is 78.5 Å². The van der Waals surface area contributed by atoms with Crippen LogP contribution in [0.3, 0.4) is 0 Å². The molecule has 0 aromatic carbocycles. The van der Waals surface area contributed by atoms with Crippen LogP contribution >= 0.6 is 25.3 Å². The van der Waals surface area contributed by atoms with Gasteiger partial charge in [-0.1, -0.05) is 13.8 Å². The molecule has 0 saturated carbocycles. The molecule has 0 saturated heterocycles. The quantitative estimate of drug-likeness (QED) is 0.0167. The van der Waals surface area contributed by atoms with Gasteiger partial charge in [0.25, 0.3) is 0 Å². The normalized spacial score (nSPS) is 15.4. The highest BCUT2D eigenvalue weighted by Crippen LogP contribution is 2.08. The van der Waals surface area contributed by atoms with Gasteiger partial charge in [0.1, 0.15) is 36.3 Å². The number of carbonyl (C=O) groups excluding carboxylic acids is 8. The molecule has 0 spiro atoms. The Bertz CT molecular complexity index is 1340. The second-order valence-corrected chi connectivity index (χ2v) is 13.4. The molecule has 0 heterocycles. The molecule has 0 rings (SSSR count). The third-order valence-electron chi connectivity index (χ3n) is 7.48. The Morgan fingerprint density at radius 1 is 0.648 bits per heavy atom. The van der Waals surface area contributed by atoms with Gasteiger partial charge in [-0.3, -0.25) is 43.3 Å². The summed E-state index contributed by atoms with van der Waals surface area (Å²) >= 11 is 7.95. The van der Waals surface area contributed by atoms with E-state index in [4.69, 9.17) is 28.7 Å². The summed E-state index contributed by atoms with van der Waals surface area (Å²) in [6.45, 7) is 3.76. The number of carbonyl (C=O) groups is 8. The van der Waals surface area contributed by atoms with Crippen LogP contribution in [0.1, 0.15) is 52.9 Å². The molecule has 0 aromatic heterocycles. The summed E-state index contributed by atoms with van der Waals surface area (Å²) in [4.78, 5) is 106. The van der Waals surface area contributed by atoms with Crippen LogP contribution in [-0.4, -0.2) is 136 Å². The topological polar surface area (TPSA) is 392 Å². The molecular weight excluding hydrogens is 753 g/mol. The van der Waals surface area contributed by atoms with Crippen molar-refractivity contribution < 1.29 is 48.6 Å². The number of primary amides is 2. The fraction of sp³-hybridized carbons (Fsp3) is 0.700. The maximum Gasteiger partial charge on any atom is 0.245 e. The van der Waals surface area contributed by atoms with Crippen molar-refractivity contribution in [3.05, 3.63) is 0 Å². The molecule has 0 radical (unpaired) electrons. The van der Waals surface area contributed by atoms with Crippen LogP contribution in [0, 0.1) is 5.92 Å². The first-order valence-electron chi connectivity index (χ1n) is 16.9. The van der Waals surface area contributed by atoms with Gasteiger partial charge in [-0.05, 0) is 38.5 Å². The molecule has 0 aromatic rings. The van der Waals surface area contributed by atoms with Crippen LogP contribution in [0.4, 0.5) is 0 Å². The van der Waals surface area contributed by atoms with Crippen molar-refractivity contribution in [2.75, 3.05) is 24.7 Å². The molecule has 0 aliphatic carbocycles. The van der Waals surface area contributed by atoms with Crippen LogP contribution in [0.5, 0.6) is 0 Å². The Morgan fingerprint density at radius 3 is 1.61 bits per heavy atom. The zero-order chi connectivity index (χ0) is 41.7. The lowest BCUT2D eigenvalue weighted by molar-refractivity contribution is -0.137. The van der Waals surface area contributed by atoms with E-state index in [2.05, 4.69) is 62.2 Å². The molecule has 0 bridgehead atoms. The van der Waals surface area contributed by atoms with E-state index in [0.717, 1.165) is 6.92 Å². The van der Waals surface area contributed by atoms with Crippen molar-refractivity contribution in [1.29, 1.82) is 0 Å². The molecule has 0 aliphatic rings. The second kappa shape index (κ2) is 25.6. The predicted octanol–water partition coefficient (Wildman–Crippen LogP) is -6.69. The number of nitrogens with zero attached hydrogens (tertiary/aromatic N) is 1. The van der Waals surface area contributed by atoms with Gasteiger partial charge in [0, 0.05) is 24.5 Å². The molecule has 8 atom stereocenters. The highest BCUT2D eigenvalue weighted by molar-refractivity contribution is 7.80.